The Balaban J connectivity index is 1.50. The number of Topliss-reactive ketones (excluding diaryl/α,β-unsaturated/α-hetero) is 1. The SMILES string of the molecule is CC(=O)N[C@H](CSCC1=C(C)C=C2C(=O)[C@](C)(O)C3(CC3)C(C)=C21)C(=O)N[C@@H](Cc1ccccc1)C(=O)N[C@@H](CC(C)C)C(=O)NCC(=O)O. The normalized spacial score (nSPS) is 20.9. The quantitative estimate of drug-likeness (QED) is 0.150. The zero-order chi connectivity index (χ0) is 37.0. The smallest absolute Gasteiger partial charge is 0.322 e. The number of aliphatic hydroxyl groups is 1. The van der Waals surface area contributed by atoms with Gasteiger partial charge >= 0.3 is 5.97 Å². The molecule has 1 aromatic rings. The van der Waals surface area contributed by atoms with Gasteiger partial charge in [-0.3, -0.25) is 28.8 Å². The van der Waals surface area contributed by atoms with Crippen LogP contribution in [0.4, 0.5) is 0 Å². The number of hydrogen-bond acceptors (Lipinski definition) is 8. The largest absolute Gasteiger partial charge is 0.480 e. The third-order valence-corrected chi connectivity index (χ3v) is 10.8. The minimum Gasteiger partial charge on any atom is -0.480 e. The van der Waals surface area contributed by atoms with E-state index in [1.165, 1.54) is 18.7 Å². The van der Waals surface area contributed by atoms with Crippen molar-refractivity contribution >= 4 is 47.1 Å². The van der Waals surface area contributed by atoms with Crippen molar-refractivity contribution in [2.75, 3.05) is 18.1 Å². The summed E-state index contributed by atoms with van der Waals surface area (Å²) in [4.78, 5) is 76.9. The lowest BCUT2D eigenvalue weighted by atomic mass is 9.67. The highest BCUT2D eigenvalue weighted by Gasteiger charge is 2.65. The van der Waals surface area contributed by atoms with Gasteiger partial charge in [0.05, 0.1) is 0 Å². The summed E-state index contributed by atoms with van der Waals surface area (Å²) in [5.41, 5.74) is 2.98. The molecule has 0 aromatic heterocycles. The molecule has 0 unspecified atom stereocenters. The second-order valence-electron chi connectivity index (χ2n) is 14.0. The highest BCUT2D eigenvalue weighted by molar-refractivity contribution is 7.99. The average molecular weight is 709 g/mol. The minimum atomic E-state index is -1.45. The van der Waals surface area contributed by atoms with Crippen molar-refractivity contribution in [3.63, 3.8) is 0 Å². The first-order chi connectivity index (χ1) is 23.5. The Bertz CT molecular complexity index is 1640. The number of allylic oxidation sites excluding steroid dienone is 3. The molecule has 4 rings (SSSR count). The van der Waals surface area contributed by atoms with Gasteiger partial charge in [-0.15, -0.1) is 0 Å². The summed E-state index contributed by atoms with van der Waals surface area (Å²) < 4.78 is 0. The van der Waals surface area contributed by atoms with Gasteiger partial charge in [0.2, 0.25) is 23.6 Å². The Morgan fingerprint density at radius 3 is 2.12 bits per heavy atom. The minimum absolute atomic E-state index is 0.0154. The number of carbonyl (C=O) groups excluding carboxylic acids is 5. The molecule has 1 fully saturated rings. The fourth-order valence-electron chi connectivity index (χ4n) is 6.90. The van der Waals surface area contributed by atoms with Crippen molar-refractivity contribution in [1.82, 2.24) is 21.3 Å². The molecule has 1 saturated carbocycles. The number of amides is 4. The van der Waals surface area contributed by atoms with Crippen LogP contribution in [0.2, 0.25) is 0 Å². The number of carboxylic acids is 1. The molecule has 50 heavy (non-hydrogen) atoms. The fourth-order valence-corrected chi connectivity index (χ4v) is 8.06. The van der Waals surface area contributed by atoms with Crippen molar-refractivity contribution < 1.29 is 39.0 Å². The molecule has 1 aromatic carbocycles. The van der Waals surface area contributed by atoms with Gasteiger partial charge in [-0.05, 0) is 74.3 Å². The molecule has 0 heterocycles. The van der Waals surface area contributed by atoms with Gasteiger partial charge in [-0.1, -0.05) is 49.8 Å². The molecular formula is C37H48N4O8S. The summed E-state index contributed by atoms with van der Waals surface area (Å²) in [6.45, 7) is 9.92. The molecule has 270 valence electrons. The summed E-state index contributed by atoms with van der Waals surface area (Å²) >= 11 is 1.40. The Morgan fingerprint density at radius 2 is 1.54 bits per heavy atom. The highest BCUT2D eigenvalue weighted by atomic mass is 32.2. The maximum Gasteiger partial charge on any atom is 0.322 e. The molecule has 12 nitrogen and oxygen atoms in total. The van der Waals surface area contributed by atoms with Crippen molar-refractivity contribution in [1.29, 1.82) is 0 Å². The van der Waals surface area contributed by atoms with Gasteiger partial charge in [0.1, 0.15) is 30.3 Å². The van der Waals surface area contributed by atoms with Crippen LogP contribution in [-0.4, -0.2) is 87.4 Å². The molecule has 0 radical (unpaired) electrons. The number of thioether (sulfide) groups is 1. The van der Waals surface area contributed by atoms with Crippen LogP contribution >= 0.6 is 11.8 Å². The second kappa shape index (κ2) is 15.8. The van der Waals surface area contributed by atoms with Crippen LogP contribution < -0.4 is 21.3 Å². The zero-order valence-electron chi connectivity index (χ0n) is 29.5. The van der Waals surface area contributed by atoms with Crippen molar-refractivity contribution in [2.45, 2.75) is 91.0 Å². The van der Waals surface area contributed by atoms with E-state index in [0.29, 0.717) is 11.3 Å². The second-order valence-corrected chi connectivity index (χ2v) is 15.1. The van der Waals surface area contributed by atoms with Crippen molar-refractivity contribution in [3.8, 4) is 0 Å². The van der Waals surface area contributed by atoms with E-state index in [1.54, 1.807) is 31.2 Å². The van der Waals surface area contributed by atoms with E-state index < -0.39 is 65.3 Å². The van der Waals surface area contributed by atoms with E-state index in [4.69, 9.17) is 5.11 Å². The van der Waals surface area contributed by atoms with Gasteiger partial charge in [-0.2, -0.15) is 11.8 Å². The van der Waals surface area contributed by atoms with Crippen LogP contribution in [0.3, 0.4) is 0 Å². The number of carbonyl (C=O) groups is 6. The molecule has 6 N–H and O–H groups in total. The van der Waals surface area contributed by atoms with Crippen LogP contribution in [-0.2, 0) is 35.2 Å². The monoisotopic (exact) mass is 708 g/mol. The summed E-state index contributed by atoms with van der Waals surface area (Å²) in [7, 11) is 0. The maximum atomic E-state index is 13.8. The third-order valence-electron chi connectivity index (χ3n) is 9.76. The first kappa shape index (κ1) is 38.6. The first-order valence-electron chi connectivity index (χ1n) is 16.9. The number of ketones is 1. The molecule has 3 aliphatic rings. The Kier molecular flexibility index (Phi) is 12.2. The molecule has 0 aliphatic heterocycles. The Hall–Kier alpha value is -4.23. The number of hydrogen-bond donors (Lipinski definition) is 6. The van der Waals surface area contributed by atoms with Crippen LogP contribution in [0.5, 0.6) is 0 Å². The van der Waals surface area contributed by atoms with E-state index in [0.717, 1.165) is 40.7 Å². The van der Waals surface area contributed by atoms with E-state index >= 15 is 0 Å². The van der Waals surface area contributed by atoms with Gasteiger partial charge in [-0.25, -0.2) is 0 Å². The summed E-state index contributed by atoms with van der Waals surface area (Å²) in [5, 5.41) is 30.7. The Morgan fingerprint density at radius 1 is 0.920 bits per heavy atom. The standard InChI is InChI=1S/C37H48N4O8S/c1-20(2)14-27(33(46)38-17-30(43)44)40-34(47)28(16-24-10-8-7-9-11-24)41-35(48)29(39-23(5)42)19-50-18-26-21(3)15-25-31(26)22(4)37(12-13-37)36(6,49)32(25)45/h7-11,15,20,27-29,49H,12-14,16-19H2,1-6H3,(H,38,46)(H,39,42)(H,40,47)(H,41,48)(H,43,44)/t27-,28-,29+,36-/m0/s1. The Labute approximate surface area is 297 Å². The topological polar surface area (TPSA) is 191 Å². The summed E-state index contributed by atoms with van der Waals surface area (Å²) in [6, 6.07) is 5.85. The van der Waals surface area contributed by atoms with Gasteiger partial charge in [0.15, 0.2) is 5.78 Å². The summed E-state index contributed by atoms with van der Waals surface area (Å²) in [5.74, 6) is -3.21. The molecular weight excluding hydrogens is 660 g/mol. The molecule has 0 saturated heterocycles. The van der Waals surface area contributed by atoms with Gasteiger partial charge in [0, 0.05) is 35.8 Å². The average Bonchev–Trinajstić information content (AvgIpc) is 3.80. The number of fused-ring (bicyclic) bond motifs is 1. The van der Waals surface area contributed by atoms with Crippen LogP contribution in [0.1, 0.15) is 66.4 Å². The van der Waals surface area contributed by atoms with Crippen LogP contribution in [0, 0.1) is 11.3 Å². The fraction of sp³-hybridized carbons (Fsp3) is 0.514. The molecule has 3 aliphatic carbocycles. The molecule has 13 heteroatoms. The van der Waals surface area contributed by atoms with Crippen molar-refractivity contribution in [3.05, 3.63) is 69.8 Å². The first-order valence-corrected chi connectivity index (χ1v) is 18.0. The number of rotatable bonds is 16. The van der Waals surface area contributed by atoms with E-state index in [9.17, 15) is 33.9 Å². The number of benzene rings is 1. The number of nitrogens with one attached hydrogen (secondary N) is 4. The molecule has 4 amide bonds. The number of aliphatic carboxylic acids is 1. The van der Waals surface area contributed by atoms with Gasteiger partial charge < -0.3 is 31.5 Å². The predicted molar refractivity (Wildman–Crippen MR) is 190 cm³/mol. The number of carboxylic acid groups (broad SMARTS) is 1. The van der Waals surface area contributed by atoms with Crippen LogP contribution in [0.15, 0.2) is 64.3 Å². The van der Waals surface area contributed by atoms with E-state index in [1.807, 2.05) is 39.8 Å². The van der Waals surface area contributed by atoms with E-state index in [2.05, 4.69) is 21.3 Å². The predicted octanol–water partition coefficient (Wildman–Crippen LogP) is 2.37. The lowest BCUT2D eigenvalue weighted by Crippen LogP contribution is -2.58. The molecule has 0 bridgehead atoms. The molecule has 4 atom stereocenters. The van der Waals surface area contributed by atoms with E-state index in [-0.39, 0.29) is 30.3 Å². The molecule has 1 spiro atoms. The maximum absolute atomic E-state index is 13.8. The summed E-state index contributed by atoms with van der Waals surface area (Å²) in [6.07, 6.45) is 3.63. The van der Waals surface area contributed by atoms with Crippen LogP contribution in [0.25, 0.3) is 0 Å². The lowest BCUT2D eigenvalue weighted by Gasteiger charge is -2.39. The third kappa shape index (κ3) is 8.55. The highest BCUT2D eigenvalue weighted by Crippen LogP contribution is 2.65. The van der Waals surface area contributed by atoms with Crippen molar-refractivity contribution in [2.24, 2.45) is 11.3 Å². The lowest BCUT2D eigenvalue weighted by molar-refractivity contribution is -0.138. The zero-order valence-corrected chi connectivity index (χ0v) is 30.3. The van der Waals surface area contributed by atoms with Gasteiger partial charge in [0.25, 0.3) is 0 Å².